The monoisotopic (exact) mass is 250 g/mol. The molecule has 0 aliphatic carbocycles. The zero-order valence-corrected chi connectivity index (χ0v) is 10.1. The van der Waals surface area contributed by atoms with Crippen LogP contribution in [0.5, 0.6) is 0 Å². The number of amides is 2. The summed E-state index contributed by atoms with van der Waals surface area (Å²) in [7, 11) is 0. The van der Waals surface area contributed by atoms with Crippen LogP contribution in [0.15, 0.2) is 24.3 Å². The molecule has 6 nitrogen and oxygen atoms in total. The molecule has 0 spiro atoms. The van der Waals surface area contributed by atoms with Gasteiger partial charge in [-0.3, -0.25) is 9.59 Å². The van der Waals surface area contributed by atoms with Gasteiger partial charge in [-0.25, -0.2) is 4.79 Å². The molecule has 96 valence electrons. The maximum absolute atomic E-state index is 11.8. The fourth-order valence-electron chi connectivity index (χ4n) is 1.21. The Morgan fingerprint density at radius 2 is 1.78 bits per heavy atom. The number of benzene rings is 1. The molecule has 0 heterocycles. The van der Waals surface area contributed by atoms with Crippen LogP contribution in [0.4, 0.5) is 0 Å². The molecule has 0 aliphatic rings. The highest BCUT2D eigenvalue weighted by atomic mass is 16.4. The van der Waals surface area contributed by atoms with Crippen molar-refractivity contribution in [2.45, 2.75) is 19.4 Å². The standard InChI is InChI=1S/C12H14N2O4/c1-12(2,11(13)18)14-9(15)7-4-3-5-8(6-7)10(16)17/h3-6H,1-2H3,(H2,13,18)(H,14,15)(H,16,17). The first-order chi connectivity index (χ1) is 8.24. The van der Waals surface area contributed by atoms with Gasteiger partial charge in [0.25, 0.3) is 5.91 Å². The first-order valence-corrected chi connectivity index (χ1v) is 5.20. The molecule has 0 radical (unpaired) electrons. The van der Waals surface area contributed by atoms with Crippen molar-refractivity contribution in [3.8, 4) is 0 Å². The summed E-state index contributed by atoms with van der Waals surface area (Å²) in [6.45, 7) is 2.93. The van der Waals surface area contributed by atoms with Crippen LogP contribution < -0.4 is 11.1 Å². The summed E-state index contributed by atoms with van der Waals surface area (Å²) in [5.74, 6) is -2.36. The van der Waals surface area contributed by atoms with E-state index in [1.54, 1.807) is 0 Å². The first kappa shape index (κ1) is 13.7. The van der Waals surface area contributed by atoms with Crippen molar-refractivity contribution in [2.75, 3.05) is 0 Å². The third-order valence-corrected chi connectivity index (χ3v) is 2.41. The number of carbonyl (C=O) groups excluding carboxylic acids is 2. The lowest BCUT2D eigenvalue weighted by Crippen LogP contribution is -2.53. The molecule has 0 bridgehead atoms. The number of aromatic carboxylic acids is 1. The third-order valence-electron chi connectivity index (χ3n) is 2.41. The zero-order valence-electron chi connectivity index (χ0n) is 10.1. The molecule has 18 heavy (non-hydrogen) atoms. The Kier molecular flexibility index (Phi) is 3.70. The third kappa shape index (κ3) is 3.07. The second-order valence-corrected chi connectivity index (χ2v) is 4.33. The quantitative estimate of drug-likeness (QED) is 0.717. The molecule has 2 amide bonds. The van der Waals surface area contributed by atoms with Crippen LogP contribution in [0, 0.1) is 0 Å². The lowest BCUT2D eigenvalue weighted by atomic mass is 10.0. The molecule has 0 saturated carbocycles. The number of carboxylic acid groups (broad SMARTS) is 1. The van der Waals surface area contributed by atoms with Gasteiger partial charge in [-0.05, 0) is 32.0 Å². The Hall–Kier alpha value is -2.37. The van der Waals surface area contributed by atoms with Gasteiger partial charge >= 0.3 is 5.97 Å². The van der Waals surface area contributed by atoms with Gasteiger partial charge in [0.05, 0.1) is 5.56 Å². The molecule has 1 aromatic rings. The summed E-state index contributed by atoms with van der Waals surface area (Å²) in [5.41, 5.74) is 4.09. The average Bonchev–Trinajstić information content (AvgIpc) is 2.28. The van der Waals surface area contributed by atoms with Crippen molar-refractivity contribution in [3.63, 3.8) is 0 Å². The smallest absolute Gasteiger partial charge is 0.335 e. The van der Waals surface area contributed by atoms with Crippen molar-refractivity contribution in [3.05, 3.63) is 35.4 Å². The van der Waals surface area contributed by atoms with Crippen LogP contribution >= 0.6 is 0 Å². The summed E-state index contributed by atoms with van der Waals surface area (Å²) < 4.78 is 0. The molecule has 1 aromatic carbocycles. The average molecular weight is 250 g/mol. The van der Waals surface area contributed by atoms with Gasteiger partial charge in [-0.1, -0.05) is 6.07 Å². The Morgan fingerprint density at radius 1 is 1.22 bits per heavy atom. The number of hydrogen-bond donors (Lipinski definition) is 3. The van der Waals surface area contributed by atoms with Crippen molar-refractivity contribution < 1.29 is 19.5 Å². The second-order valence-electron chi connectivity index (χ2n) is 4.33. The largest absolute Gasteiger partial charge is 0.478 e. The zero-order chi connectivity index (χ0) is 13.9. The van der Waals surface area contributed by atoms with Crippen molar-refractivity contribution >= 4 is 17.8 Å². The number of nitrogens with one attached hydrogen (secondary N) is 1. The summed E-state index contributed by atoms with van der Waals surface area (Å²) in [6, 6.07) is 5.52. The molecule has 6 heteroatoms. The van der Waals surface area contributed by atoms with Gasteiger partial charge in [-0.15, -0.1) is 0 Å². The van der Waals surface area contributed by atoms with Crippen LogP contribution in [0.3, 0.4) is 0 Å². The number of carboxylic acids is 1. The number of primary amides is 1. The fourth-order valence-corrected chi connectivity index (χ4v) is 1.21. The number of nitrogens with two attached hydrogens (primary N) is 1. The number of carbonyl (C=O) groups is 3. The number of hydrogen-bond acceptors (Lipinski definition) is 3. The topological polar surface area (TPSA) is 109 Å². The molecule has 4 N–H and O–H groups in total. The molecule has 0 atom stereocenters. The van der Waals surface area contributed by atoms with E-state index in [-0.39, 0.29) is 11.1 Å². The molecule has 0 saturated heterocycles. The van der Waals surface area contributed by atoms with Crippen LogP contribution in [0.25, 0.3) is 0 Å². The van der Waals surface area contributed by atoms with Crippen LogP contribution in [-0.4, -0.2) is 28.4 Å². The van der Waals surface area contributed by atoms with Gasteiger partial charge in [-0.2, -0.15) is 0 Å². The summed E-state index contributed by atoms with van der Waals surface area (Å²) in [4.78, 5) is 33.7. The highest BCUT2D eigenvalue weighted by molar-refractivity contribution is 6.00. The van der Waals surface area contributed by atoms with Gasteiger partial charge in [0.2, 0.25) is 5.91 Å². The van der Waals surface area contributed by atoms with Gasteiger partial charge < -0.3 is 16.2 Å². The number of rotatable bonds is 4. The Bertz CT molecular complexity index is 509. The van der Waals surface area contributed by atoms with Gasteiger partial charge in [0, 0.05) is 5.56 Å². The molecule has 0 unspecified atom stereocenters. The summed E-state index contributed by atoms with van der Waals surface area (Å²) >= 11 is 0. The highest BCUT2D eigenvalue weighted by Crippen LogP contribution is 2.08. The fraction of sp³-hybridized carbons (Fsp3) is 0.250. The lowest BCUT2D eigenvalue weighted by molar-refractivity contribution is -0.122. The van der Waals surface area contributed by atoms with E-state index in [0.717, 1.165) is 0 Å². The maximum Gasteiger partial charge on any atom is 0.335 e. The van der Waals surface area contributed by atoms with E-state index in [2.05, 4.69) is 5.32 Å². The van der Waals surface area contributed by atoms with E-state index in [4.69, 9.17) is 10.8 Å². The van der Waals surface area contributed by atoms with Crippen LogP contribution in [0.2, 0.25) is 0 Å². The molecular formula is C12H14N2O4. The second kappa shape index (κ2) is 4.87. The van der Waals surface area contributed by atoms with Crippen molar-refractivity contribution in [2.24, 2.45) is 5.73 Å². The van der Waals surface area contributed by atoms with Crippen molar-refractivity contribution in [1.82, 2.24) is 5.32 Å². The highest BCUT2D eigenvalue weighted by Gasteiger charge is 2.27. The predicted molar refractivity (Wildman–Crippen MR) is 64.1 cm³/mol. The molecule has 0 aromatic heterocycles. The predicted octanol–water partition coefficient (Wildman–Crippen LogP) is 0.378. The summed E-state index contributed by atoms with van der Waals surface area (Å²) in [6.07, 6.45) is 0. The Labute approximate surface area is 104 Å². The normalized spacial score (nSPS) is 10.8. The van der Waals surface area contributed by atoms with Gasteiger partial charge in [0.15, 0.2) is 0 Å². The lowest BCUT2D eigenvalue weighted by Gasteiger charge is -2.22. The molecular weight excluding hydrogens is 236 g/mol. The first-order valence-electron chi connectivity index (χ1n) is 5.20. The Morgan fingerprint density at radius 3 is 2.28 bits per heavy atom. The van der Waals surface area contributed by atoms with Crippen LogP contribution in [0.1, 0.15) is 34.6 Å². The van der Waals surface area contributed by atoms with E-state index in [1.165, 1.54) is 38.1 Å². The van der Waals surface area contributed by atoms with E-state index in [0.29, 0.717) is 0 Å². The van der Waals surface area contributed by atoms with Crippen LogP contribution in [-0.2, 0) is 4.79 Å². The van der Waals surface area contributed by atoms with Gasteiger partial charge in [0.1, 0.15) is 5.54 Å². The van der Waals surface area contributed by atoms with E-state index in [9.17, 15) is 14.4 Å². The summed E-state index contributed by atoms with van der Waals surface area (Å²) in [5, 5.41) is 11.2. The molecule has 0 aliphatic heterocycles. The SMILES string of the molecule is CC(C)(NC(=O)c1cccc(C(=O)O)c1)C(N)=O. The molecule has 0 fully saturated rings. The van der Waals surface area contributed by atoms with E-state index < -0.39 is 23.3 Å². The van der Waals surface area contributed by atoms with E-state index >= 15 is 0 Å². The minimum atomic E-state index is -1.20. The minimum Gasteiger partial charge on any atom is -0.478 e. The van der Waals surface area contributed by atoms with Crippen molar-refractivity contribution in [1.29, 1.82) is 0 Å². The molecule has 1 rings (SSSR count). The van der Waals surface area contributed by atoms with E-state index in [1.807, 2.05) is 0 Å². The Balaban J connectivity index is 2.95. The minimum absolute atomic E-state index is 0.000434. The maximum atomic E-state index is 11.8.